The van der Waals surface area contributed by atoms with Gasteiger partial charge in [-0.25, -0.2) is 4.39 Å². The van der Waals surface area contributed by atoms with Crippen LogP contribution in [-0.4, -0.2) is 31.9 Å². The maximum Gasteiger partial charge on any atom is 0.148 e. The number of aliphatic hydroxyl groups excluding tert-OH is 1. The van der Waals surface area contributed by atoms with Gasteiger partial charge in [-0.15, -0.1) is 0 Å². The summed E-state index contributed by atoms with van der Waals surface area (Å²) < 4.78 is 18.7. The Kier molecular flexibility index (Phi) is 4.37. The maximum absolute atomic E-state index is 13.7. The number of halogens is 1. The highest BCUT2D eigenvalue weighted by molar-refractivity contribution is 5.63. The summed E-state index contributed by atoms with van der Waals surface area (Å²) in [4.78, 5) is 1.72. The van der Waals surface area contributed by atoms with Crippen molar-refractivity contribution >= 4 is 11.4 Å². The van der Waals surface area contributed by atoms with E-state index in [0.717, 1.165) is 0 Å². The Morgan fingerprint density at radius 1 is 1.50 bits per heavy atom. The zero-order valence-electron chi connectivity index (χ0n) is 9.53. The van der Waals surface area contributed by atoms with Gasteiger partial charge < -0.3 is 20.5 Å². The zero-order chi connectivity index (χ0) is 12.1. The third-order valence-electron chi connectivity index (χ3n) is 2.39. The lowest BCUT2D eigenvalue weighted by molar-refractivity contribution is 0.302. The number of hydrogen-bond donors (Lipinski definition) is 2. The summed E-state index contributed by atoms with van der Waals surface area (Å²) in [5.74, 6) is 0.0291. The Morgan fingerprint density at radius 2 is 2.19 bits per heavy atom. The highest BCUT2D eigenvalue weighted by Gasteiger charge is 2.13. The molecule has 90 valence electrons. The minimum atomic E-state index is -0.409. The van der Waals surface area contributed by atoms with Crippen LogP contribution in [0, 0.1) is 5.82 Å². The molecule has 0 bridgehead atoms. The summed E-state index contributed by atoms with van der Waals surface area (Å²) in [6.07, 6.45) is 0. The van der Waals surface area contributed by atoms with Crippen LogP contribution < -0.4 is 15.4 Å². The van der Waals surface area contributed by atoms with Crippen LogP contribution in [0.4, 0.5) is 15.8 Å². The first-order valence-electron chi connectivity index (χ1n) is 5.12. The molecular formula is C11H17FN2O2. The molecule has 1 aromatic rings. The maximum atomic E-state index is 13.7. The van der Waals surface area contributed by atoms with Crippen molar-refractivity contribution in [3.8, 4) is 5.75 Å². The first-order chi connectivity index (χ1) is 7.63. The van der Waals surface area contributed by atoms with Gasteiger partial charge in [0.1, 0.15) is 11.6 Å². The molecule has 4 nitrogen and oxygen atoms in total. The van der Waals surface area contributed by atoms with Crippen LogP contribution in [0.25, 0.3) is 0 Å². The number of nitrogen functional groups attached to an aromatic ring is 1. The Balaban J connectivity index is 3.10. The van der Waals surface area contributed by atoms with Gasteiger partial charge in [0.25, 0.3) is 0 Å². The molecule has 0 radical (unpaired) electrons. The second kappa shape index (κ2) is 5.55. The second-order valence-electron chi connectivity index (χ2n) is 3.35. The van der Waals surface area contributed by atoms with E-state index in [1.165, 1.54) is 13.2 Å². The van der Waals surface area contributed by atoms with Gasteiger partial charge in [-0.3, -0.25) is 0 Å². The van der Waals surface area contributed by atoms with Crippen molar-refractivity contribution < 1.29 is 14.2 Å². The fraction of sp³-hybridized carbons (Fsp3) is 0.455. The minimum absolute atomic E-state index is 0.0278. The lowest BCUT2D eigenvalue weighted by Gasteiger charge is -2.23. The molecule has 1 rings (SSSR count). The molecule has 0 aromatic heterocycles. The Bertz CT molecular complexity index is 358. The molecule has 0 saturated heterocycles. The predicted octanol–water partition coefficient (Wildman–Crippen LogP) is 1.24. The summed E-state index contributed by atoms with van der Waals surface area (Å²) in [6.45, 7) is 2.84. The normalized spacial score (nSPS) is 10.2. The number of nitrogens with two attached hydrogens (primary N) is 1. The molecule has 0 heterocycles. The van der Waals surface area contributed by atoms with Crippen molar-refractivity contribution in [1.82, 2.24) is 0 Å². The fourth-order valence-electron chi connectivity index (χ4n) is 1.55. The molecule has 0 aliphatic carbocycles. The van der Waals surface area contributed by atoms with E-state index in [4.69, 9.17) is 15.6 Å². The average Bonchev–Trinajstić information content (AvgIpc) is 2.27. The van der Waals surface area contributed by atoms with Gasteiger partial charge in [-0.1, -0.05) is 0 Å². The monoisotopic (exact) mass is 228 g/mol. The molecule has 0 spiro atoms. The highest BCUT2D eigenvalue weighted by Crippen LogP contribution is 2.30. The van der Waals surface area contributed by atoms with E-state index in [1.807, 2.05) is 6.92 Å². The van der Waals surface area contributed by atoms with E-state index in [-0.39, 0.29) is 12.3 Å². The summed E-state index contributed by atoms with van der Waals surface area (Å²) in [7, 11) is 1.48. The molecule has 5 heteroatoms. The minimum Gasteiger partial charge on any atom is -0.495 e. The van der Waals surface area contributed by atoms with Crippen molar-refractivity contribution in [1.29, 1.82) is 0 Å². The summed E-state index contributed by atoms with van der Waals surface area (Å²) in [6, 6.07) is 2.78. The number of benzene rings is 1. The number of nitrogens with zero attached hydrogens (tertiary/aromatic N) is 1. The van der Waals surface area contributed by atoms with Gasteiger partial charge in [-0.2, -0.15) is 0 Å². The first-order valence-corrected chi connectivity index (χ1v) is 5.12. The molecule has 1 aromatic carbocycles. The topological polar surface area (TPSA) is 58.7 Å². The number of rotatable bonds is 5. The molecule has 0 atom stereocenters. The van der Waals surface area contributed by atoms with Gasteiger partial charge >= 0.3 is 0 Å². The van der Waals surface area contributed by atoms with E-state index < -0.39 is 5.82 Å². The zero-order valence-corrected chi connectivity index (χ0v) is 9.53. The third-order valence-corrected chi connectivity index (χ3v) is 2.39. The van der Waals surface area contributed by atoms with Crippen LogP contribution >= 0.6 is 0 Å². The predicted molar refractivity (Wildman–Crippen MR) is 62.3 cm³/mol. The quantitative estimate of drug-likeness (QED) is 0.744. The highest BCUT2D eigenvalue weighted by atomic mass is 19.1. The van der Waals surface area contributed by atoms with Crippen LogP contribution in [0.2, 0.25) is 0 Å². The van der Waals surface area contributed by atoms with Crippen molar-refractivity contribution in [3.05, 3.63) is 17.9 Å². The summed E-state index contributed by atoms with van der Waals surface area (Å²) in [5.41, 5.74) is 6.24. The van der Waals surface area contributed by atoms with Crippen molar-refractivity contribution in [3.63, 3.8) is 0 Å². The third kappa shape index (κ3) is 2.55. The number of methoxy groups -OCH3 is 1. The second-order valence-corrected chi connectivity index (χ2v) is 3.35. The van der Waals surface area contributed by atoms with E-state index in [9.17, 15) is 4.39 Å². The first kappa shape index (κ1) is 12.6. The number of anilines is 2. The SMILES string of the molecule is CCN(CCO)c1cc(OC)c(N)cc1F. The largest absolute Gasteiger partial charge is 0.495 e. The smallest absolute Gasteiger partial charge is 0.148 e. The van der Waals surface area contributed by atoms with E-state index in [2.05, 4.69) is 0 Å². The fourth-order valence-corrected chi connectivity index (χ4v) is 1.55. The standard InChI is InChI=1S/C11H17FN2O2/c1-3-14(4-5-15)10-7-11(16-2)9(13)6-8(10)12/h6-7,15H,3-5,13H2,1-2H3. The Morgan fingerprint density at radius 3 is 2.69 bits per heavy atom. The van der Waals surface area contributed by atoms with E-state index >= 15 is 0 Å². The molecule has 3 N–H and O–H groups in total. The van der Waals surface area contributed by atoms with Crippen LogP contribution in [-0.2, 0) is 0 Å². The average molecular weight is 228 g/mol. The Hall–Kier alpha value is -1.49. The molecule has 16 heavy (non-hydrogen) atoms. The van der Waals surface area contributed by atoms with E-state index in [1.54, 1.807) is 11.0 Å². The van der Waals surface area contributed by atoms with Crippen molar-refractivity contribution in [2.75, 3.05) is 37.4 Å². The van der Waals surface area contributed by atoms with E-state index in [0.29, 0.717) is 24.5 Å². The van der Waals surface area contributed by atoms with Gasteiger partial charge in [0.2, 0.25) is 0 Å². The number of ether oxygens (including phenoxy) is 1. The lowest BCUT2D eigenvalue weighted by atomic mass is 10.2. The van der Waals surface area contributed by atoms with Crippen molar-refractivity contribution in [2.24, 2.45) is 0 Å². The van der Waals surface area contributed by atoms with Gasteiger partial charge in [0.15, 0.2) is 0 Å². The molecule has 0 aliphatic heterocycles. The molecular weight excluding hydrogens is 211 g/mol. The van der Waals surface area contributed by atoms with Gasteiger partial charge in [-0.05, 0) is 6.92 Å². The summed E-state index contributed by atoms with van der Waals surface area (Å²) in [5, 5.41) is 8.88. The Labute approximate surface area is 94.4 Å². The number of aliphatic hydroxyl groups is 1. The van der Waals surface area contributed by atoms with Gasteiger partial charge in [0.05, 0.1) is 25.1 Å². The van der Waals surface area contributed by atoms with Crippen LogP contribution in [0.5, 0.6) is 5.75 Å². The molecule has 0 unspecified atom stereocenters. The number of hydrogen-bond acceptors (Lipinski definition) is 4. The van der Waals surface area contributed by atoms with Crippen LogP contribution in [0.15, 0.2) is 12.1 Å². The molecule has 0 aliphatic rings. The van der Waals surface area contributed by atoms with Crippen LogP contribution in [0.1, 0.15) is 6.92 Å². The number of likely N-dealkylation sites (N-methyl/N-ethyl adjacent to an activating group) is 1. The van der Waals surface area contributed by atoms with Crippen molar-refractivity contribution in [2.45, 2.75) is 6.92 Å². The van der Waals surface area contributed by atoms with Crippen LogP contribution in [0.3, 0.4) is 0 Å². The lowest BCUT2D eigenvalue weighted by Crippen LogP contribution is -2.27. The molecule has 0 saturated carbocycles. The molecule has 0 fully saturated rings. The van der Waals surface area contributed by atoms with Gasteiger partial charge in [0, 0.05) is 25.2 Å². The summed E-state index contributed by atoms with van der Waals surface area (Å²) >= 11 is 0. The molecule has 0 amide bonds.